The highest BCUT2D eigenvalue weighted by Crippen LogP contribution is 2.21. The lowest BCUT2D eigenvalue weighted by molar-refractivity contribution is 0.102. The summed E-state index contributed by atoms with van der Waals surface area (Å²) in [6.45, 7) is 5.48. The average molecular weight is 276 g/mol. The topological polar surface area (TPSA) is 54.9 Å². The molecule has 1 amide bonds. The van der Waals surface area contributed by atoms with Crippen LogP contribution in [0.5, 0.6) is 0 Å². The SMILES string of the molecule is Cc1ncc(C(=O)Nc2cc(Cl)ccc2C)c(C)n1. The molecule has 0 radical (unpaired) electrons. The van der Waals surface area contributed by atoms with Gasteiger partial charge in [-0.05, 0) is 38.5 Å². The van der Waals surface area contributed by atoms with Crippen LogP contribution in [0.15, 0.2) is 24.4 Å². The summed E-state index contributed by atoms with van der Waals surface area (Å²) in [5.41, 5.74) is 2.76. The van der Waals surface area contributed by atoms with Crippen LogP contribution in [0.4, 0.5) is 5.69 Å². The van der Waals surface area contributed by atoms with E-state index >= 15 is 0 Å². The molecule has 2 rings (SSSR count). The fourth-order valence-corrected chi connectivity index (χ4v) is 1.90. The molecule has 0 saturated carbocycles. The van der Waals surface area contributed by atoms with Crippen molar-refractivity contribution in [3.63, 3.8) is 0 Å². The van der Waals surface area contributed by atoms with E-state index in [2.05, 4.69) is 15.3 Å². The molecular formula is C14H14ClN3O. The average Bonchev–Trinajstić information content (AvgIpc) is 2.33. The fourth-order valence-electron chi connectivity index (χ4n) is 1.72. The van der Waals surface area contributed by atoms with Crippen LogP contribution in [-0.4, -0.2) is 15.9 Å². The summed E-state index contributed by atoms with van der Waals surface area (Å²) in [5, 5.41) is 3.41. The van der Waals surface area contributed by atoms with Gasteiger partial charge in [0.1, 0.15) is 5.82 Å². The van der Waals surface area contributed by atoms with Crippen molar-refractivity contribution in [2.45, 2.75) is 20.8 Å². The molecule has 0 aliphatic rings. The first-order valence-electron chi connectivity index (χ1n) is 5.85. The maximum absolute atomic E-state index is 12.2. The lowest BCUT2D eigenvalue weighted by Gasteiger charge is -2.10. The Labute approximate surface area is 116 Å². The first kappa shape index (κ1) is 13.5. The van der Waals surface area contributed by atoms with Crippen LogP contribution < -0.4 is 5.32 Å². The molecule has 1 aromatic carbocycles. The number of aromatic nitrogens is 2. The van der Waals surface area contributed by atoms with E-state index in [0.29, 0.717) is 27.8 Å². The second-order valence-electron chi connectivity index (χ2n) is 4.33. The molecule has 0 spiro atoms. The Balaban J connectivity index is 2.28. The van der Waals surface area contributed by atoms with E-state index in [0.717, 1.165) is 5.56 Å². The number of rotatable bonds is 2. The minimum atomic E-state index is -0.233. The zero-order chi connectivity index (χ0) is 14.0. The third-order valence-electron chi connectivity index (χ3n) is 2.79. The number of halogens is 1. The Morgan fingerprint density at radius 2 is 2.00 bits per heavy atom. The highest BCUT2D eigenvalue weighted by molar-refractivity contribution is 6.31. The first-order chi connectivity index (χ1) is 8.97. The van der Waals surface area contributed by atoms with Crippen molar-refractivity contribution < 1.29 is 4.79 Å². The number of carbonyl (C=O) groups is 1. The van der Waals surface area contributed by atoms with Gasteiger partial charge in [-0.2, -0.15) is 0 Å². The largest absolute Gasteiger partial charge is 0.322 e. The number of hydrogen-bond acceptors (Lipinski definition) is 3. The highest BCUT2D eigenvalue weighted by atomic mass is 35.5. The quantitative estimate of drug-likeness (QED) is 0.915. The lowest BCUT2D eigenvalue weighted by Crippen LogP contribution is -2.15. The second-order valence-corrected chi connectivity index (χ2v) is 4.77. The molecule has 5 heteroatoms. The van der Waals surface area contributed by atoms with Crippen LogP contribution in [-0.2, 0) is 0 Å². The summed E-state index contributed by atoms with van der Waals surface area (Å²) in [4.78, 5) is 20.4. The predicted molar refractivity (Wildman–Crippen MR) is 75.6 cm³/mol. The molecule has 2 aromatic rings. The standard InChI is InChI=1S/C14H14ClN3O/c1-8-4-5-11(15)6-13(8)18-14(19)12-7-16-10(3)17-9(12)2/h4-7H,1-3H3,(H,18,19). The minimum Gasteiger partial charge on any atom is -0.322 e. The van der Waals surface area contributed by atoms with Gasteiger partial charge in [-0.1, -0.05) is 17.7 Å². The summed E-state index contributed by atoms with van der Waals surface area (Å²) in [6.07, 6.45) is 1.53. The van der Waals surface area contributed by atoms with Crippen LogP contribution in [0.2, 0.25) is 5.02 Å². The Hall–Kier alpha value is -1.94. The number of benzene rings is 1. The van der Waals surface area contributed by atoms with Crippen LogP contribution in [0.1, 0.15) is 27.4 Å². The maximum Gasteiger partial charge on any atom is 0.259 e. The van der Waals surface area contributed by atoms with E-state index in [-0.39, 0.29) is 5.91 Å². The molecule has 0 aliphatic carbocycles. The van der Waals surface area contributed by atoms with Crippen LogP contribution in [0.25, 0.3) is 0 Å². The Morgan fingerprint density at radius 1 is 1.26 bits per heavy atom. The summed E-state index contributed by atoms with van der Waals surface area (Å²) >= 11 is 5.92. The van der Waals surface area contributed by atoms with Gasteiger partial charge in [0.25, 0.3) is 5.91 Å². The van der Waals surface area contributed by atoms with Crippen molar-refractivity contribution in [1.29, 1.82) is 0 Å². The number of nitrogens with zero attached hydrogens (tertiary/aromatic N) is 2. The first-order valence-corrected chi connectivity index (χ1v) is 6.23. The van der Waals surface area contributed by atoms with Crippen molar-refractivity contribution in [3.05, 3.63) is 52.1 Å². The second kappa shape index (κ2) is 5.36. The van der Waals surface area contributed by atoms with Gasteiger partial charge in [0, 0.05) is 16.9 Å². The van der Waals surface area contributed by atoms with Crippen LogP contribution in [0, 0.1) is 20.8 Å². The summed E-state index contributed by atoms with van der Waals surface area (Å²) < 4.78 is 0. The zero-order valence-corrected chi connectivity index (χ0v) is 11.7. The van der Waals surface area contributed by atoms with E-state index in [1.165, 1.54) is 6.20 Å². The zero-order valence-electron chi connectivity index (χ0n) is 11.0. The highest BCUT2D eigenvalue weighted by Gasteiger charge is 2.12. The Bertz CT molecular complexity index is 641. The number of aryl methyl sites for hydroxylation is 3. The normalized spacial score (nSPS) is 10.3. The van der Waals surface area contributed by atoms with E-state index < -0.39 is 0 Å². The third kappa shape index (κ3) is 3.09. The van der Waals surface area contributed by atoms with Crippen molar-refractivity contribution >= 4 is 23.2 Å². The smallest absolute Gasteiger partial charge is 0.259 e. The molecule has 0 saturated heterocycles. The Kier molecular flexibility index (Phi) is 3.81. The molecule has 1 heterocycles. The fraction of sp³-hybridized carbons (Fsp3) is 0.214. The van der Waals surface area contributed by atoms with Crippen molar-refractivity contribution in [2.75, 3.05) is 5.32 Å². The van der Waals surface area contributed by atoms with Gasteiger partial charge >= 0.3 is 0 Å². The summed E-state index contributed by atoms with van der Waals surface area (Å²) in [6, 6.07) is 5.36. The number of hydrogen-bond donors (Lipinski definition) is 1. The number of amides is 1. The van der Waals surface area contributed by atoms with E-state index in [9.17, 15) is 4.79 Å². The molecule has 19 heavy (non-hydrogen) atoms. The van der Waals surface area contributed by atoms with E-state index in [4.69, 9.17) is 11.6 Å². The summed E-state index contributed by atoms with van der Waals surface area (Å²) in [7, 11) is 0. The molecule has 4 nitrogen and oxygen atoms in total. The van der Waals surface area contributed by atoms with Crippen molar-refractivity contribution in [3.8, 4) is 0 Å². The molecule has 0 bridgehead atoms. The van der Waals surface area contributed by atoms with Gasteiger partial charge in [-0.25, -0.2) is 9.97 Å². The van der Waals surface area contributed by atoms with Gasteiger partial charge in [-0.3, -0.25) is 4.79 Å². The molecule has 0 atom stereocenters. The molecule has 1 aromatic heterocycles. The summed E-state index contributed by atoms with van der Waals surface area (Å²) in [5.74, 6) is 0.413. The van der Waals surface area contributed by atoms with Gasteiger partial charge in [0.15, 0.2) is 0 Å². The molecule has 0 aliphatic heterocycles. The van der Waals surface area contributed by atoms with Crippen molar-refractivity contribution in [1.82, 2.24) is 9.97 Å². The lowest BCUT2D eigenvalue weighted by atomic mass is 10.1. The maximum atomic E-state index is 12.2. The molecule has 0 fully saturated rings. The molecular weight excluding hydrogens is 262 g/mol. The van der Waals surface area contributed by atoms with Gasteiger partial charge in [0.2, 0.25) is 0 Å². The van der Waals surface area contributed by atoms with E-state index in [1.54, 1.807) is 26.0 Å². The predicted octanol–water partition coefficient (Wildman–Crippen LogP) is 3.31. The molecule has 98 valence electrons. The van der Waals surface area contributed by atoms with E-state index in [1.807, 2.05) is 13.0 Å². The number of anilines is 1. The number of nitrogens with one attached hydrogen (secondary N) is 1. The van der Waals surface area contributed by atoms with Gasteiger partial charge in [-0.15, -0.1) is 0 Å². The van der Waals surface area contributed by atoms with Crippen LogP contribution >= 0.6 is 11.6 Å². The van der Waals surface area contributed by atoms with Gasteiger partial charge in [0.05, 0.1) is 11.3 Å². The monoisotopic (exact) mass is 275 g/mol. The minimum absolute atomic E-state index is 0.233. The molecule has 1 N–H and O–H groups in total. The third-order valence-corrected chi connectivity index (χ3v) is 3.03. The Morgan fingerprint density at radius 3 is 2.68 bits per heavy atom. The van der Waals surface area contributed by atoms with Gasteiger partial charge < -0.3 is 5.32 Å². The molecule has 0 unspecified atom stereocenters. The number of carbonyl (C=O) groups excluding carboxylic acids is 1. The van der Waals surface area contributed by atoms with Crippen LogP contribution in [0.3, 0.4) is 0 Å². The van der Waals surface area contributed by atoms with Crippen molar-refractivity contribution in [2.24, 2.45) is 0 Å².